The molecule has 5 rings (SSSR count). The van der Waals surface area contributed by atoms with Crippen LogP contribution in [0.2, 0.25) is 10.0 Å². The molecular weight excluding hydrogens is 563 g/mol. The molecule has 0 aliphatic carbocycles. The van der Waals surface area contributed by atoms with E-state index in [4.69, 9.17) is 41.8 Å². The monoisotopic (exact) mass is 584 g/mol. The normalized spacial score (nSPS) is 15.1. The number of rotatable bonds is 7. The number of nitrogens with zero attached hydrogens (tertiary/aromatic N) is 2. The molecule has 1 aliphatic rings. The molecule has 2 aromatic heterocycles. The van der Waals surface area contributed by atoms with Gasteiger partial charge in [-0.05, 0) is 48.9 Å². The Morgan fingerprint density at radius 1 is 1.13 bits per heavy atom. The maximum Gasteiger partial charge on any atom is 0.338 e. The highest BCUT2D eigenvalue weighted by molar-refractivity contribution is 7.07. The molecule has 0 bridgehead atoms. The Bertz CT molecular complexity index is 1770. The van der Waals surface area contributed by atoms with Gasteiger partial charge in [-0.2, -0.15) is 0 Å². The van der Waals surface area contributed by atoms with Gasteiger partial charge in [-0.3, -0.25) is 9.36 Å². The summed E-state index contributed by atoms with van der Waals surface area (Å²) in [5.74, 6) is 1.53. The Morgan fingerprint density at radius 3 is 2.62 bits per heavy atom. The predicted molar refractivity (Wildman–Crippen MR) is 148 cm³/mol. The average molecular weight is 585 g/mol. The first-order valence-corrected chi connectivity index (χ1v) is 13.3. The van der Waals surface area contributed by atoms with Crippen molar-refractivity contribution < 1.29 is 23.4 Å². The SMILES string of the molecule is COC(=O)C1=C(C)N=c2sc(=Cc3ccc(COc4cccc(Cl)c4Cl)o3)c(=O)n2[C@@H]1c1ccc(OC)cc1. The molecule has 0 radical (unpaired) electrons. The molecule has 200 valence electrons. The summed E-state index contributed by atoms with van der Waals surface area (Å²) in [5, 5.41) is 0.711. The third-order valence-electron chi connectivity index (χ3n) is 6.10. The largest absolute Gasteiger partial charge is 0.497 e. The van der Waals surface area contributed by atoms with E-state index in [1.807, 2.05) is 12.1 Å². The van der Waals surface area contributed by atoms with Crippen molar-refractivity contribution in [2.24, 2.45) is 4.99 Å². The molecule has 0 amide bonds. The van der Waals surface area contributed by atoms with Crippen molar-refractivity contribution >= 4 is 46.6 Å². The Kier molecular flexibility index (Phi) is 7.65. The Hall–Kier alpha value is -3.79. The van der Waals surface area contributed by atoms with Gasteiger partial charge in [-0.1, -0.05) is 52.7 Å². The van der Waals surface area contributed by atoms with Crippen LogP contribution in [-0.2, 0) is 16.1 Å². The molecule has 2 aromatic carbocycles. The molecule has 0 fully saturated rings. The number of thiazole rings is 1. The molecule has 1 atom stereocenters. The quantitative estimate of drug-likeness (QED) is 0.287. The number of halogens is 2. The first-order valence-electron chi connectivity index (χ1n) is 11.7. The van der Waals surface area contributed by atoms with Crippen LogP contribution < -0.4 is 24.4 Å². The average Bonchev–Trinajstić information content (AvgIpc) is 3.51. The maximum absolute atomic E-state index is 13.7. The summed E-state index contributed by atoms with van der Waals surface area (Å²) in [4.78, 5) is 31.5. The fourth-order valence-corrected chi connectivity index (χ4v) is 5.59. The lowest BCUT2D eigenvalue weighted by Gasteiger charge is -2.24. The molecule has 39 heavy (non-hydrogen) atoms. The summed E-state index contributed by atoms with van der Waals surface area (Å²) >= 11 is 13.4. The second kappa shape index (κ2) is 11.1. The van der Waals surface area contributed by atoms with Gasteiger partial charge in [0.1, 0.15) is 34.6 Å². The molecule has 4 aromatic rings. The van der Waals surface area contributed by atoms with Crippen LogP contribution in [0.25, 0.3) is 6.08 Å². The van der Waals surface area contributed by atoms with Crippen molar-refractivity contribution in [2.45, 2.75) is 19.6 Å². The van der Waals surface area contributed by atoms with E-state index in [1.165, 1.54) is 23.0 Å². The summed E-state index contributed by atoms with van der Waals surface area (Å²) in [5.41, 5.74) is 1.18. The number of benzene rings is 2. The number of furan rings is 1. The van der Waals surface area contributed by atoms with Crippen molar-refractivity contribution in [1.29, 1.82) is 0 Å². The van der Waals surface area contributed by atoms with Gasteiger partial charge < -0.3 is 18.6 Å². The van der Waals surface area contributed by atoms with Crippen LogP contribution in [0.4, 0.5) is 0 Å². The number of esters is 1. The first kappa shape index (κ1) is 26.8. The number of hydrogen-bond donors (Lipinski definition) is 0. The molecule has 11 heteroatoms. The molecular formula is C28H22Cl2N2O6S. The van der Waals surface area contributed by atoms with Crippen LogP contribution in [0.15, 0.2) is 80.1 Å². The van der Waals surface area contributed by atoms with Gasteiger partial charge in [0.15, 0.2) is 4.80 Å². The first-order chi connectivity index (χ1) is 18.8. The van der Waals surface area contributed by atoms with Crippen LogP contribution in [0.5, 0.6) is 11.5 Å². The van der Waals surface area contributed by atoms with E-state index < -0.39 is 12.0 Å². The highest BCUT2D eigenvalue weighted by Gasteiger charge is 2.33. The fraction of sp³-hybridized carbons (Fsp3) is 0.179. The summed E-state index contributed by atoms with van der Waals surface area (Å²) in [6.07, 6.45) is 1.64. The molecule has 8 nitrogen and oxygen atoms in total. The number of ether oxygens (including phenoxy) is 3. The minimum Gasteiger partial charge on any atom is -0.497 e. The van der Waals surface area contributed by atoms with Gasteiger partial charge in [0, 0.05) is 6.08 Å². The third-order valence-corrected chi connectivity index (χ3v) is 7.88. The van der Waals surface area contributed by atoms with Crippen molar-refractivity contribution in [3.05, 3.63) is 113 Å². The van der Waals surface area contributed by atoms with Gasteiger partial charge in [0.25, 0.3) is 5.56 Å². The van der Waals surface area contributed by atoms with Crippen LogP contribution >= 0.6 is 34.5 Å². The zero-order valence-corrected chi connectivity index (χ0v) is 23.4. The van der Waals surface area contributed by atoms with Crippen molar-refractivity contribution in [3.63, 3.8) is 0 Å². The van der Waals surface area contributed by atoms with Crippen LogP contribution in [-0.4, -0.2) is 24.8 Å². The molecule has 0 spiro atoms. The summed E-state index contributed by atoms with van der Waals surface area (Å²) in [6.45, 7) is 1.85. The van der Waals surface area contributed by atoms with Crippen LogP contribution in [0.1, 0.15) is 30.0 Å². The van der Waals surface area contributed by atoms with Gasteiger partial charge in [-0.15, -0.1) is 0 Å². The number of hydrogen-bond acceptors (Lipinski definition) is 8. The van der Waals surface area contributed by atoms with Crippen LogP contribution in [0.3, 0.4) is 0 Å². The molecule has 3 heterocycles. The molecule has 1 aliphatic heterocycles. The van der Waals surface area contributed by atoms with Crippen molar-refractivity contribution in [2.75, 3.05) is 14.2 Å². The van der Waals surface area contributed by atoms with Gasteiger partial charge >= 0.3 is 5.97 Å². The second-order valence-electron chi connectivity index (χ2n) is 8.49. The number of carbonyl (C=O) groups is 1. The number of methoxy groups -OCH3 is 2. The molecule has 0 saturated heterocycles. The zero-order valence-electron chi connectivity index (χ0n) is 21.1. The second-order valence-corrected chi connectivity index (χ2v) is 10.3. The fourth-order valence-electron chi connectivity index (χ4n) is 4.22. The standard InChI is InChI=1S/C28H22Cl2N2O6S/c1-15-23(27(34)36-3)25(16-7-9-17(35-2)10-8-16)32-26(33)22(39-28(32)31-15)13-18-11-12-19(38-18)14-37-21-6-4-5-20(29)24(21)30/h4-13,25H,14H2,1-3H3/t25-/m1/s1. The predicted octanol–water partition coefficient (Wildman–Crippen LogP) is 4.90. The smallest absolute Gasteiger partial charge is 0.338 e. The van der Waals surface area contributed by atoms with E-state index in [-0.39, 0.29) is 12.2 Å². The Labute approximate surface area is 237 Å². The van der Waals surface area contributed by atoms with E-state index in [9.17, 15) is 9.59 Å². The van der Waals surface area contributed by atoms with E-state index in [2.05, 4.69) is 4.99 Å². The lowest BCUT2D eigenvalue weighted by molar-refractivity contribution is -0.136. The van der Waals surface area contributed by atoms with E-state index in [0.29, 0.717) is 53.7 Å². The van der Waals surface area contributed by atoms with Crippen molar-refractivity contribution in [1.82, 2.24) is 4.57 Å². The summed E-state index contributed by atoms with van der Waals surface area (Å²) < 4.78 is 23.8. The highest BCUT2D eigenvalue weighted by atomic mass is 35.5. The van der Waals surface area contributed by atoms with Gasteiger partial charge in [0.05, 0.1) is 41.1 Å². The minimum atomic E-state index is -0.718. The molecule has 0 saturated carbocycles. The lowest BCUT2D eigenvalue weighted by atomic mass is 9.96. The van der Waals surface area contributed by atoms with Crippen LogP contribution in [0, 0.1) is 0 Å². The van der Waals surface area contributed by atoms with E-state index in [1.54, 1.807) is 62.6 Å². The lowest BCUT2D eigenvalue weighted by Crippen LogP contribution is -2.39. The summed E-state index contributed by atoms with van der Waals surface area (Å²) in [7, 11) is 2.87. The molecule has 0 unspecified atom stereocenters. The van der Waals surface area contributed by atoms with E-state index >= 15 is 0 Å². The Balaban J connectivity index is 1.51. The molecule has 0 N–H and O–H groups in total. The number of aromatic nitrogens is 1. The highest BCUT2D eigenvalue weighted by Crippen LogP contribution is 2.33. The zero-order chi connectivity index (χ0) is 27.7. The number of allylic oxidation sites excluding steroid dienone is 1. The van der Waals surface area contributed by atoms with Crippen molar-refractivity contribution in [3.8, 4) is 11.5 Å². The topological polar surface area (TPSA) is 92.3 Å². The van der Waals surface area contributed by atoms with E-state index in [0.717, 1.165) is 5.56 Å². The third kappa shape index (κ3) is 5.25. The van der Waals surface area contributed by atoms with Gasteiger partial charge in [-0.25, -0.2) is 9.79 Å². The number of carbonyl (C=O) groups excluding carboxylic acids is 1. The van der Waals surface area contributed by atoms with Gasteiger partial charge in [0.2, 0.25) is 0 Å². The Morgan fingerprint density at radius 2 is 1.90 bits per heavy atom. The number of fused-ring (bicyclic) bond motifs is 1. The maximum atomic E-state index is 13.7. The minimum absolute atomic E-state index is 0.119. The summed E-state index contributed by atoms with van der Waals surface area (Å²) in [6, 6.07) is 15.1.